The summed E-state index contributed by atoms with van der Waals surface area (Å²) >= 11 is 0. The summed E-state index contributed by atoms with van der Waals surface area (Å²) in [5, 5.41) is 2.89. The molecule has 0 bridgehead atoms. The number of sulfonamides is 1. The highest BCUT2D eigenvalue weighted by Gasteiger charge is 2.44. The number of carbonyl (C=O) groups is 3. The van der Waals surface area contributed by atoms with Gasteiger partial charge in [-0.25, -0.2) is 22.1 Å². The number of ether oxygens (including phenoxy) is 1. The van der Waals surface area contributed by atoms with Crippen molar-refractivity contribution >= 4 is 38.8 Å². The second kappa shape index (κ2) is 11.8. The van der Waals surface area contributed by atoms with E-state index in [1.807, 2.05) is 12.1 Å². The van der Waals surface area contributed by atoms with E-state index in [-0.39, 0.29) is 35.5 Å². The van der Waals surface area contributed by atoms with E-state index in [4.69, 9.17) is 9.72 Å². The van der Waals surface area contributed by atoms with Crippen LogP contribution in [0, 0.1) is 5.82 Å². The van der Waals surface area contributed by atoms with Gasteiger partial charge in [-0.3, -0.25) is 14.4 Å². The van der Waals surface area contributed by atoms with Crippen LogP contribution in [0.15, 0.2) is 77.7 Å². The van der Waals surface area contributed by atoms with Crippen molar-refractivity contribution in [2.45, 2.75) is 36.4 Å². The fourth-order valence-electron chi connectivity index (χ4n) is 5.63. The Morgan fingerprint density at radius 1 is 1.09 bits per heavy atom. The number of hydrogen-bond donors (Lipinski definition) is 1. The number of aromatic nitrogens is 2. The lowest BCUT2D eigenvalue weighted by molar-refractivity contribution is -0.142. The molecule has 3 aromatic carbocycles. The maximum absolute atomic E-state index is 14.2. The van der Waals surface area contributed by atoms with Gasteiger partial charge in [-0.1, -0.05) is 36.4 Å². The summed E-state index contributed by atoms with van der Waals surface area (Å²) in [5.41, 5.74) is 1.74. The first-order valence-electron chi connectivity index (χ1n) is 14.2. The maximum atomic E-state index is 14.2. The minimum Gasteiger partial charge on any atom is -0.376 e. The van der Waals surface area contributed by atoms with Gasteiger partial charge in [0.1, 0.15) is 23.1 Å². The van der Waals surface area contributed by atoms with Crippen molar-refractivity contribution < 1.29 is 31.9 Å². The largest absolute Gasteiger partial charge is 0.376 e. The van der Waals surface area contributed by atoms with Crippen molar-refractivity contribution in [3.63, 3.8) is 0 Å². The Morgan fingerprint density at radius 3 is 2.52 bits per heavy atom. The van der Waals surface area contributed by atoms with Crippen molar-refractivity contribution in [3.05, 3.63) is 95.6 Å². The Hall–Kier alpha value is -4.62. The smallest absolute Gasteiger partial charge is 0.269 e. The molecule has 0 saturated carbocycles. The molecular weight excluding hydrogens is 589 g/mol. The highest BCUT2D eigenvalue weighted by molar-refractivity contribution is 7.90. The lowest BCUT2D eigenvalue weighted by atomic mass is 10.1. The van der Waals surface area contributed by atoms with Crippen LogP contribution < -0.4 is 5.32 Å². The number of halogens is 1. The molecule has 1 fully saturated rings. The number of benzene rings is 3. The molecule has 2 aliphatic rings. The van der Waals surface area contributed by atoms with Crippen LogP contribution in [0.2, 0.25) is 0 Å². The average Bonchev–Trinajstić information content (AvgIpc) is 3.71. The monoisotopic (exact) mass is 619 g/mol. The number of carbonyl (C=O) groups excluding carboxylic acids is 3. The van der Waals surface area contributed by atoms with Crippen molar-refractivity contribution in [1.29, 1.82) is 0 Å². The van der Waals surface area contributed by atoms with Gasteiger partial charge in [-0.2, -0.15) is 0 Å². The zero-order valence-electron chi connectivity index (χ0n) is 23.9. The predicted molar refractivity (Wildman–Crippen MR) is 157 cm³/mol. The standard InChI is InChI=1S/C31H30FN5O6S/c1-35-25-10-4-3-9-24(25)34-29(35)28(30(39)33-17-22-7-6-16-43-22)36(18-20-12-14-21(32)15-13-20)27(38)19-37-31(40)23-8-2-5-11-26(23)44(37,41)42/h2-5,8-15,22,28H,6-7,16-19H2,1H3,(H,33,39)/t22-,28-/m1/s1. The predicted octanol–water partition coefficient (Wildman–Crippen LogP) is 2.92. The van der Waals surface area contributed by atoms with Gasteiger partial charge in [0.2, 0.25) is 5.91 Å². The van der Waals surface area contributed by atoms with E-state index in [1.165, 1.54) is 47.4 Å². The zero-order valence-corrected chi connectivity index (χ0v) is 24.7. The van der Waals surface area contributed by atoms with Crippen LogP contribution in [0.4, 0.5) is 4.39 Å². The Bertz CT molecular complexity index is 1850. The zero-order chi connectivity index (χ0) is 31.0. The molecular formula is C31H30FN5O6S. The van der Waals surface area contributed by atoms with Gasteiger partial charge in [0.15, 0.2) is 6.04 Å². The summed E-state index contributed by atoms with van der Waals surface area (Å²) < 4.78 is 48.3. The minimum atomic E-state index is -4.31. The van der Waals surface area contributed by atoms with E-state index in [0.29, 0.717) is 27.5 Å². The molecule has 1 saturated heterocycles. The number of aryl methyl sites for hydroxylation is 1. The number of amides is 3. The topological polar surface area (TPSA) is 131 Å². The first-order valence-corrected chi connectivity index (χ1v) is 15.6. The van der Waals surface area contributed by atoms with Gasteiger partial charge >= 0.3 is 0 Å². The van der Waals surface area contributed by atoms with E-state index >= 15 is 0 Å². The second-order valence-corrected chi connectivity index (χ2v) is 12.6. The average molecular weight is 620 g/mol. The van der Waals surface area contributed by atoms with Crippen LogP contribution in [0.5, 0.6) is 0 Å². The Morgan fingerprint density at radius 2 is 1.82 bits per heavy atom. The van der Waals surface area contributed by atoms with E-state index < -0.39 is 46.1 Å². The van der Waals surface area contributed by atoms with Crippen LogP contribution >= 0.6 is 0 Å². The summed E-state index contributed by atoms with van der Waals surface area (Å²) in [5.74, 6) is -2.47. The molecule has 3 heterocycles. The number of nitrogens with zero attached hydrogens (tertiary/aromatic N) is 4. The quantitative estimate of drug-likeness (QED) is 0.305. The summed E-state index contributed by atoms with van der Waals surface area (Å²) in [6.45, 7) is -0.261. The molecule has 3 amide bonds. The van der Waals surface area contributed by atoms with Gasteiger partial charge in [-0.05, 0) is 54.8 Å². The summed E-state index contributed by atoms with van der Waals surface area (Å²) in [4.78, 5) is 47.1. The first-order chi connectivity index (χ1) is 21.1. The van der Waals surface area contributed by atoms with Gasteiger partial charge in [0, 0.05) is 26.7 Å². The van der Waals surface area contributed by atoms with Crippen LogP contribution in [-0.4, -0.2) is 70.7 Å². The van der Waals surface area contributed by atoms with Gasteiger partial charge in [-0.15, -0.1) is 0 Å². The molecule has 2 aliphatic heterocycles. The van der Waals surface area contributed by atoms with E-state index in [1.54, 1.807) is 29.8 Å². The van der Waals surface area contributed by atoms with Crippen molar-refractivity contribution in [1.82, 2.24) is 24.1 Å². The number of hydrogen-bond acceptors (Lipinski definition) is 7. The van der Waals surface area contributed by atoms with Crippen LogP contribution in [0.25, 0.3) is 11.0 Å². The van der Waals surface area contributed by atoms with Crippen LogP contribution in [-0.2, 0) is 37.9 Å². The molecule has 1 aromatic heterocycles. The number of nitrogens with one attached hydrogen (secondary N) is 1. The van der Waals surface area contributed by atoms with Crippen molar-refractivity contribution in [3.8, 4) is 0 Å². The fraction of sp³-hybridized carbons (Fsp3) is 0.290. The molecule has 4 aromatic rings. The summed E-state index contributed by atoms with van der Waals surface area (Å²) in [6.07, 6.45) is 1.45. The molecule has 0 aliphatic carbocycles. The maximum Gasteiger partial charge on any atom is 0.269 e. The van der Waals surface area contributed by atoms with E-state index in [2.05, 4.69) is 5.32 Å². The summed E-state index contributed by atoms with van der Waals surface area (Å²) in [7, 11) is -2.60. The molecule has 6 rings (SSSR count). The molecule has 13 heteroatoms. The third-order valence-corrected chi connectivity index (χ3v) is 9.72. The number of para-hydroxylation sites is 2. The van der Waals surface area contributed by atoms with Gasteiger partial charge in [0.05, 0.1) is 22.7 Å². The van der Waals surface area contributed by atoms with Gasteiger partial charge < -0.3 is 19.5 Å². The molecule has 0 radical (unpaired) electrons. The Labute approximate surface area is 253 Å². The third-order valence-electron chi connectivity index (χ3n) is 7.93. The SMILES string of the molecule is Cn1c([C@H](C(=O)NC[C@H]2CCCO2)N(Cc2ccc(F)cc2)C(=O)CN2C(=O)c3ccccc3S2(=O)=O)nc2ccccc21. The summed E-state index contributed by atoms with van der Waals surface area (Å²) in [6, 6.07) is 17.0. The normalized spacial score (nSPS) is 17.9. The second-order valence-electron chi connectivity index (χ2n) is 10.8. The number of imidazole rings is 1. The van der Waals surface area contributed by atoms with Crippen LogP contribution in [0.1, 0.15) is 40.6 Å². The Kier molecular flexibility index (Phi) is 7.91. The lowest BCUT2D eigenvalue weighted by Gasteiger charge is -2.32. The van der Waals surface area contributed by atoms with Gasteiger partial charge in [0.25, 0.3) is 21.8 Å². The van der Waals surface area contributed by atoms with E-state index in [9.17, 15) is 27.2 Å². The molecule has 44 heavy (non-hydrogen) atoms. The molecule has 228 valence electrons. The number of rotatable bonds is 9. The highest BCUT2D eigenvalue weighted by Crippen LogP contribution is 2.32. The molecule has 0 spiro atoms. The van der Waals surface area contributed by atoms with E-state index in [0.717, 1.165) is 12.8 Å². The van der Waals surface area contributed by atoms with Crippen molar-refractivity contribution in [2.75, 3.05) is 19.7 Å². The molecule has 2 atom stereocenters. The fourth-order valence-corrected chi connectivity index (χ4v) is 7.15. The molecule has 0 unspecified atom stereocenters. The molecule has 11 nitrogen and oxygen atoms in total. The minimum absolute atomic E-state index is 0.0356. The molecule has 1 N–H and O–H groups in total. The number of fused-ring (bicyclic) bond motifs is 2. The third kappa shape index (κ3) is 5.44. The van der Waals surface area contributed by atoms with Crippen molar-refractivity contribution in [2.24, 2.45) is 7.05 Å². The lowest BCUT2D eigenvalue weighted by Crippen LogP contribution is -2.49. The van der Waals surface area contributed by atoms with Crippen LogP contribution in [0.3, 0.4) is 0 Å². The first kappa shape index (κ1) is 29.5. The Balaban J connectivity index is 1.41. The highest BCUT2D eigenvalue weighted by atomic mass is 32.2.